The van der Waals surface area contributed by atoms with E-state index in [-0.39, 0.29) is 12.1 Å². The van der Waals surface area contributed by atoms with Crippen LogP contribution in [0.3, 0.4) is 0 Å². The molecule has 1 aliphatic rings. The van der Waals surface area contributed by atoms with Gasteiger partial charge in [-0.25, -0.2) is 5.01 Å². The third kappa shape index (κ3) is 3.94. The van der Waals surface area contributed by atoms with Gasteiger partial charge in [-0.15, -0.1) is 0 Å². The van der Waals surface area contributed by atoms with Gasteiger partial charge in [-0.05, 0) is 51.6 Å². The Labute approximate surface area is 162 Å². The van der Waals surface area contributed by atoms with Gasteiger partial charge in [-0.3, -0.25) is 10.2 Å². The molecule has 1 N–H and O–H groups in total. The number of hydrazine groups is 1. The van der Waals surface area contributed by atoms with E-state index in [9.17, 15) is 18.0 Å². The molecule has 1 aliphatic heterocycles. The summed E-state index contributed by atoms with van der Waals surface area (Å²) in [6, 6.07) is 7.94. The van der Waals surface area contributed by atoms with Gasteiger partial charge in [-0.1, -0.05) is 30.3 Å². The smallest absolute Gasteiger partial charge is 0.409 e. The summed E-state index contributed by atoms with van der Waals surface area (Å²) >= 11 is 0. The highest BCUT2D eigenvalue weighted by Crippen LogP contribution is 2.43. The summed E-state index contributed by atoms with van der Waals surface area (Å²) in [4.78, 5) is 12.1. The molecular formula is C21H25F3N2O2. The molecule has 1 heterocycles. The Morgan fingerprint density at radius 1 is 1.07 bits per heavy atom. The average molecular weight is 394 g/mol. The van der Waals surface area contributed by atoms with Crippen LogP contribution in [-0.2, 0) is 4.79 Å². The summed E-state index contributed by atoms with van der Waals surface area (Å²) in [5.74, 6) is 0.109. The third-order valence-corrected chi connectivity index (χ3v) is 4.67. The second-order valence-corrected chi connectivity index (χ2v) is 8.81. The zero-order valence-electron chi connectivity index (χ0n) is 16.6. The Hall–Kier alpha value is -2.28. The van der Waals surface area contributed by atoms with Crippen LogP contribution in [0.1, 0.15) is 46.2 Å². The van der Waals surface area contributed by atoms with E-state index in [4.69, 9.17) is 4.74 Å². The number of hydrogen-bond acceptors (Lipinski definition) is 3. The Bertz CT molecular complexity index is 901. The molecule has 1 amide bonds. The standard InChI is InChI=1S/C21H25F3N2O2/c1-19(2,3)28-16-11-7-8-13-14(16)9-6-10-15(13)17(21(22,23)24)26-12-20(4,5)18(27)25-26/h6-11,17H,12H2,1-5H3,(H,25,27)/t17-/m0/s1. The lowest BCUT2D eigenvalue weighted by atomic mass is 9.93. The molecule has 0 saturated carbocycles. The Morgan fingerprint density at radius 2 is 1.68 bits per heavy atom. The molecule has 0 aromatic heterocycles. The largest absolute Gasteiger partial charge is 0.488 e. The molecule has 152 valence electrons. The summed E-state index contributed by atoms with van der Waals surface area (Å²) in [6.45, 7) is 8.88. The molecule has 0 radical (unpaired) electrons. The molecule has 7 heteroatoms. The fourth-order valence-electron chi connectivity index (χ4n) is 3.46. The zero-order valence-corrected chi connectivity index (χ0v) is 16.6. The zero-order chi connectivity index (χ0) is 20.9. The molecule has 2 aromatic carbocycles. The highest BCUT2D eigenvalue weighted by molar-refractivity contribution is 5.91. The number of halogens is 3. The number of ether oxygens (including phenoxy) is 1. The lowest BCUT2D eigenvalue weighted by Crippen LogP contribution is -2.43. The number of nitrogens with zero attached hydrogens (tertiary/aromatic N) is 1. The normalized spacial score (nSPS) is 18.9. The van der Waals surface area contributed by atoms with Crippen LogP contribution in [0.4, 0.5) is 13.2 Å². The van der Waals surface area contributed by atoms with Gasteiger partial charge >= 0.3 is 6.18 Å². The minimum Gasteiger partial charge on any atom is -0.488 e. The van der Waals surface area contributed by atoms with Crippen molar-refractivity contribution >= 4 is 16.7 Å². The quantitative estimate of drug-likeness (QED) is 0.797. The first-order valence-corrected chi connectivity index (χ1v) is 9.15. The van der Waals surface area contributed by atoms with Crippen LogP contribution in [0.25, 0.3) is 10.8 Å². The summed E-state index contributed by atoms with van der Waals surface area (Å²) in [6.07, 6.45) is -4.57. The van der Waals surface area contributed by atoms with Crippen molar-refractivity contribution in [3.8, 4) is 5.75 Å². The fraction of sp³-hybridized carbons (Fsp3) is 0.476. The van der Waals surface area contributed by atoms with E-state index in [1.54, 1.807) is 44.2 Å². The van der Waals surface area contributed by atoms with E-state index in [2.05, 4.69) is 5.43 Å². The Kier molecular flexibility index (Phi) is 4.86. The highest BCUT2D eigenvalue weighted by Gasteiger charge is 2.51. The van der Waals surface area contributed by atoms with Gasteiger partial charge in [0.25, 0.3) is 0 Å². The monoisotopic (exact) mass is 394 g/mol. The maximum atomic E-state index is 14.1. The van der Waals surface area contributed by atoms with Gasteiger partial charge in [0.2, 0.25) is 5.91 Å². The summed E-state index contributed by atoms with van der Waals surface area (Å²) < 4.78 is 48.3. The van der Waals surface area contributed by atoms with E-state index in [1.807, 2.05) is 20.8 Å². The second kappa shape index (κ2) is 6.65. The SMILES string of the molecule is CC(C)(C)Oc1cccc2c([C@H](N3CC(C)(C)C(=O)N3)C(F)(F)F)cccc12. The Balaban J connectivity index is 2.14. The number of nitrogens with one attached hydrogen (secondary N) is 1. The van der Waals surface area contributed by atoms with Crippen molar-refractivity contribution < 1.29 is 22.7 Å². The number of rotatable bonds is 3. The van der Waals surface area contributed by atoms with Gasteiger partial charge in [0.1, 0.15) is 11.4 Å². The van der Waals surface area contributed by atoms with E-state index in [0.717, 1.165) is 5.01 Å². The summed E-state index contributed by atoms with van der Waals surface area (Å²) in [5.41, 5.74) is 1.12. The number of carbonyl (C=O) groups is 1. The molecule has 1 saturated heterocycles. The number of carbonyl (C=O) groups excluding carboxylic acids is 1. The molecule has 3 rings (SSSR count). The summed E-state index contributed by atoms with van der Waals surface area (Å²) in [7, 11) is 0. The molecule has 0 unspecified atom stereocenters. The second-order valence-electron chi connectivity index (χ2n) is 8.81. The van der Waals surface area contributed by atoms with Crippen molar-refractivity contribution in [1.29, 1.82) is 0 Å². The van der Waals surface area contributed by atoms with Crippen LogP contribution in [0, 0.1) is 5.41 Å². The van der Waals surface area contributed by atoms with Crippen LogP contribution >= 0.6 is 0 Å². The highest BCUT2D eigenvalue weighted by atomic mass is 19.4. The van der Waals surface area contributed by atoms with Crippen molar-refractivity contribution in [2.75, 3.05) is 6.54 Å². The summed E-state index contributed by atoms with van der Waals surface area (Å²) in [5, 5.41) is 2.05. The molecule has 0 aliphatic carbocycles. The number of fused-ring (bicyclic) bond motifs is 1. The van der Waals surface area contributed by atoms with Crippen LogP contribution in [0.5, 0.6) is 5.75 Å². The third-order valence-electron chi connectivity index (χ3n) is 4.67. The fourth-order valence-corrected chi connectivity index (χ4v) is 3.46. The van der Waals surface area contributed by atoms with E-state index in [1.165, 1.54) is 6.07 Å². The van der Waals surface area contributed by atoms with Crippen molar-refractivity contribution in [1.82, 2.24) is 10.4 Å². The van der Waals surface area contributed by atoms with Gasteiger partial charge in [0.15, 0.2) is 6.04 Å². The predicted molar refractivity (Wildman–Crippen MR) is 102 cm³/mol. The molecular weight excluding hydrogens is 369 g/mol. The maximum absolute atomic E-state index is 14.1. The van der Waals surface area contributed by atoms with Gasteiger partial charge in [0, 0.05) is 11.9 Å². The van der Waals surface area contributed by atoms with Crippen LogP contribution < -0.4 is 10.2 Å². The van der Waals surface area contributed by atoms with E-state index >= 15 is 0 Å². The van der Waals surface area contributed by atoms with Crippen LogP contribution in [0.2, 0.25) is 0 Å². The van der Waals surface area contributed by atoms with Crippen molar-refractivity contribution in [3.05, 3.63) is 42.0 Å². The van der Waals surface area contributed by atoms with Crippen LogP contribution in [0.15, 0.2) is 36.4 Å². The minimum absolute atomic E-state index is 0.0371. The first-order chi connectivity index (χ1) is 12.8. The lowest BCUT2D eigenvalue weighted by molar-refractivity contribution is -0.191. The van der Waals surface area contributed by atoms with E-state index in [0.29, 0.717) is 16.5 Å². The average Bonchev–Trinajstić information content (AvgIpc) is 2.78. The predicted octanol–water partition coefficient (Wildman–Crippen LogP) is 4.99. The maximum Gasteiger partial charge on any atom is 0.409 e. The van der Waals surface area contributed by atoms with Crippen LogP contribution in [-0.4, -0.2) is 29.2 Å². The first-order valence-electron chi connectivity index (χ1n) is 9.15. The van der Waals surface area contributed by atoms with Gasteiger partial charge < -0.3 is 4.74 Å². The molecule has 1 fully saturated rings. The van der Waals surface area contributed by atoms with E-state index < -0.39 is 29.1 Å². The number of amides is 1. The molecule has 1 atom stereocenters. The minimum atomic E-state index is -4.57. The van der Waals surface area contributed by atoms with Crippen molar-refractivity contribution in [2.24, 2.45) is 5.41 Å². The number of hydrogen-bond donors (Lipinski definition) is 1. The molecule has 0 spiro atoms. The molecule has 2 aromatic rings. The Morgan fingerprint density at radius 3 is 2.21 bits per heavy atom. The number of alkyl halides is 3. The topological polar surface area (TPSA) is 41.6 Å². The van der Waals surface area contributed by atoms with Gasteiger partial charge in [-0.2, -0.15) is 13.2 Å². The number of benzene rings is 2. The molecule has 0 bridgehead atoms. The van der Waals surface area contributed by atoms with Crippen molar-refractivity contribution in [3.63, 3.8) is 0 Å². The van der Waals surface area contributed by atoms with Gasteiger partial charge in [0.05, 0.1) is 5.41 Å². The lowest BCUT2D eigenvalue weighted by Gasteiger charge is -2.31. The molecule has 28 heavy (non-hydrogen) atoms. The van der Waals surface area contributed by atoms with Crippen molar-refractivity contribution in [2.45, 2.75) is 52.4 Å². The molecule has 4 nitrogen and oxygen atoms in total. The first kappa shape index (κ1) is 20.5.